The first-order valence-electron chi connectivity index (χ1n) is 31.5. The molecule has 11 N–H and O–H groups in total. The molecule has 0 amide bonds. The second-order valence-electron chi connectivity index (χ2n) is 26.6. The SMILES string of the molecule is CO[C@H]1C[C@H](O[C@H]2CC[C@@]3(C)C(=CC[C@]4(O)[C@@H]3C[C@@H](OC(=O)/C=C/c3ccccc3)[C@@]3(C)[C@]4(O)CC[C@]3(O)[C@H](C)O)C2)O[C@H](C)[C@H]1O[C@H]1C[C@H](OC)[C@H](O[C@H]2C[C@H](OC)[C@H](O[C@@H]3O[C@H](CO[C@@H]4O[C@H](CO)[C@@H](O)[C@H](O)[C@H]4O)[C@@H](O)[C@H](O)[C@H]3O)[C@@H](C)O2)[C@@H](C)O1. The first-order chi connectivity index (χ1) is 42.2. The highest BCUT2D eigenvalue weighted by Gasteiger charge is 2.81. The number of rotatable bonds is 19. The van der Waals surface area contributed by atoms with Gasteiger partial charge in [-0.15, -0.1) is 0 Å². The Hall–Kier alpha value is -2.79. The number of aliphatic hydroxyl groups excluding tert-OH is 8. The highest BCUT2D eigenvalue weighted by atomic mass is 16.8. The van der Waals surface area contributed by atoms with Crippen molar-refractivity contribution in [3.63, 3.8) is 0 Å². The molecule has 0 spiro atoms. The average molecular weight is 1270 g/mol. The minimum absolute atomic E-state index is 0.0121. The van der Waals surface area contributed by atoms with E-state index in [1.807, 2.05) is 50.3 Å². The van der Waals surface area contributed by atoms with E-state index in [1.165, 1.54) is 20.1 Å². The molecule has 31 atom stereocenters. The fourth-order valence-electron chi connectivity index (χ4n) is 16.3. The van der Waals surface area contributed by atoms with Crippen LogP contribution < -0.4 is 0 Å². The Morgan fingerprint density at radius 1 is 0.663 bits per heavy atom. The minimum atomic E-state index is -1.94. The first kappa shape index (κ1) is 69.1. The van der Waals surface area contributed by atoms with E-state index in [4.69, 9.17) is 66.3 Å². The van der Waals surface area contributed by atoms with Crippen molar-refractivity contribution in [2.75, 3.05) is 34.5 Å². The minimum Gasteiger partial charge on any atom is -0.458 e. The second kappa shape index (κ2) is 27.5. The lowest BCUT2D eigenvalue weighted by atomic mass is 9.42. The lowest BCUT2D eigenvalue weighted by Gasteiger charge is -2.67. The molecule has 504 valence electrons. The summed E-state index contributed by atoms with van der Waals surface area (Å²) in [5.74, 6) is -1.26. The number of hydrogen-bond donors (Lipinski definition) is 11. The average Bonchev–Trinajstić information content (AvgIpc) is 1.60. The Labute approximate surface area is 518 Å². The Kier molecular flexibility index (Phi) is 21.3. The number of aliphatic hydroxyl groups is 11. The summed E-state index contributed by atoms with van der Waals surface area (Å²) in [4.78, 5) is 13.7. The van der Waals surface area contributed by atoms with Gasteiger partial charge in [0, 0.05) is 52.6 Å². The molecule has 0 radical (unpaired) electrons. The molecule has 1 aromatic rings. The van der Waals surface area contributed by atoms with Crippen molar-refractivity contribution >= 4 is 12.0 Å². The Bertz CT molecular complexity index is 2580. The van der Waals surface area contributed by atoms with Crippen LogP contribution in [-0.2, 0) is 71.1 Å². The van der Waals surface area contributed by atoms with Crippen LogP contribution >= 0.6 is 0 Å². The maximum Gasteiger partial charge on any atom is 0.331 e. The Morgan fingerprint density at radius 3 is 1.74 bits per heavy atom. The zero-order chi connectivity index (χ0) is 64.3. The van der Waals surface area contributed by atoms with E-state index in [-0.39, 0.29) is 44.6 Å². The third kappa shape index (κ3) is 12.7. The van der Waals surface area contributed by atoms with E-state index in [0.717, 1.165) is 11.1 Å². The maximum atomic E-state index is 13.7. The van der Waals surface area contributed by atoms with Gasteiger partial charge in [0.25, 0.3) is 0 Å². The molecule has 4 aliphatic carbocycles. The van der Waals surface area contributed by atoms with Crippen LogP contribution in [-0.4, -0.2) is 267 Å². The number of methoxy groups -OCH3 is 3. The monoisotopic (exact) mass is 1270 g/mol. The smallest absolute Gasteiger partial charge is 0.331 e. The van der Waals surface area contributed by atoms with Crippen molar-refractivity contribution in [3.05, 3.63) is 53.6 Å². The van der Waals surface area contributed by atoms with Gasteiger partial charge >= 0.3 is 5.97 Å². The van der Waals surface area contributed by atoms with Crippen LogP contribution in [0.2, 0.25) is 0 Å². The molecule has 0 aromatic heterocycles. The van der Waals surface area contributed by atoms with Gasteiger partial charge in [-0.25, -0.2) is 4.79 Å². The topological polar surface area (TPSA) is 369 Å². The van der Waals surface area contributed by atoms with Gasteiger partial charge in [-0.05, 0) is 89.7 Å². The van der Waals surface area contributed by atoms with E-state index < -0.39 is 200 Å². The number of carbonyl (C=O) groups is 1. The van der Waals surface area contributed by atoms with Crippen molar-refractivity contribution in [3.8, 4) is 0 Å². The third-order valence-electron chi connectivity index (χ3n) is 21.7. The van der Waals surface area contributed by atoms with E-state index in [9.17, 15) is 61.0 Å². The molecule has 89 heavy (non-hydrogen) atoms. The standard InChI is InChI=1S/C63H96O26/c1-30-54(87-46-25-38(77-8)55(31(2)81-46)88-47-26-39(78-9)56(32(3)82-47)89-58-53(72)51(70)49(68)41(85-58)29-79-57-52(71)50(69)48(67)40(28-64)84-57)37(76-7)24-45(80-30)83-36-18-19-59(5)35(23-36)17-20-62(74)42(59)27-43(86-44(66)16-15-34-13-11-10-12-14-34)60(6)61(73,33(4)65)21-22-63(60,62)75/h10-17,30-33,36-43,45-58,64-65,67-75H,18-29H2,1-9H3/b16-15+/t30-,31-,32-,33+,36+,37+,38+,39+,40-,41-,42-,43-,45+,46+,47+,48-,49-,50+,51+,52-,53-,54-,55-,56-,57-,58+,59+,60-,61+,62+,63-/m1/s1. The lowest BCUT2D eigenvalue weighted by Crippen LogP contribution is -2.78. The third-order valence-corrected chi connectivity index (χ3v) is 21.7. The molecular formula is C63H96O26. The molecule has 1 aromatic carbocycles. The fraction of sp³-hybridized carbons (Fsp3) is 0.825. The van der Waals surface area contributed by atoms with E-state index >= 15 is 0 Å². The van der Waals surface area contributed by atoms with Crippen molar-refractivity contribution in [1.82, 2.24) is 0 Å². The van der Waals surface area contributed by atoms with Crippen molar-refractivity contribution in [2.24, 2.45) is 16.7 Å². The first-order valence-corrected chi connectivity index (χ1v) is 31.5. The number of fused-ring (bicyclic) bond motifs is 5. The highest BCUT2D eigenvalue weighted by Crippen LogP contribution is 2.71. The summed E-state index contributed by atoms with van der Waals surface area (Å²) in [6, 6.07) is 9.28. The Balaban J connectivity index is 0.727. The molecule has 5 saturated heterocycles. The summed E-state index contributed by atoms with van der Waals surface area (Å²) in [7, 11) is 4.64. The molecule has 26 nitrogen and oxygen atoms in total. The van der Waals surface area contributed by atoms with Crippen LogP contribution in [0, 0.1) is 16.7 Å². The van der Waals surface area contributed by atoms with Gasteiger partial charge in [0.1, 0.15) is 90.1 Å². The number of esters is 1. The van der Waals surface area contributed by atoms with Crippen molar-refractivity contribution < 1.29 is 127 Å². The summed E-state index contributed by atoms with van der Waals surface area (Å²) in [6.07, 6.45) is -19.1. The number of carbonyl (C=O) groups excluding carboxylic acids is 1. The van der Waals surface area contributed by atoms with E-state index in [0.29, 0.717) is 25.7 Å². The van der Waals surface area contributed by atoms with Gasteiger partial charge in [0.05, 0.1) is 67.5 Å². The number of benzene rings is 1. The summed E-state index contributed by atoms with van der Waals surface area (Å²) in [5.41, 5.74) is -6.02. The van der Waals surface area contributed by atoms with Crippen LogP contribution in [0.3, 0.4) is 0 Å². The summed E-state index contributed by atoms with van der Waals surface area (Å²) in [6.45, 7) is 9.40. The molecular weight excluding hydrogens is 1170 g/mol. The van der Waals surface area contributed by atoms with Crippen LogP contribution in [0.15, 0.2) is 48.1 Å². The molecule has 8 fully saturated rings. The Morgan fingerprint density at radius 2 is 1.19 bits per heavy atom. The molecule has 26 heteroatoms. The summed E-state index contributed by atoms with van der Waals surface area (Å²) in [5, 5.41) is 123. The highest BCUT2D eigenvalue weighted by molar-refractivity contribution is 5.87. The molecule has 3 saturated carbocycles. The van der Waals surface area contributed by atoms with Crippen molar-refractivity contribution in [1.29, 1.82) is 0 Å². The van der Waals surface area contributed by atoms with Gasteiger partial charge in [-0.3, -0.25) is 0 Å². The molecule has 0 unspecified atom stereocenters. The number of ether oxygens (including phenoxy) is 14. The molecule has 5 aliphatic heterocycles. The molecule has 9 aliphatic rings. The summed E-state index contributed by atoms with van der Waals surface area (Å²) >= 11 is 0. The molecule has 5 heterocycles. The van der Waals surface area contributed by atoms with Gasteiger partial charge < -0.3 is 122 Å². The quantitative estimate of drug-likeness (QED) is 0.0498. The van der Waals surface area contributed by atoms with Crippen LogP contribution in [0.1, 0.15) is 111 Å². The zero-order valence-corrected chi connectivity index (χ0v) is 52.2. The van der Waals surface area contributed by atoms with Crippen molar-refractivity contribution in [2.45, 2.75) is 276 Å². The molecule has 0 bridgehead atoms. The predicted molar refractivity (Wildman–Crippen MR) is 307 cm³/mol. The molecule has 10 rings (SSSR count). The van der Waals surface area contributed by atoms with Crippen LogP contribution in [0.25, 0.3) is 6.08 Å². The lowest BCUT2D eigenvalue weighted by molar-refractivity contribution is -0.362. The number of hydrogen-bond acceptors (Lipinski definition) is 26. The van der Waals surface area contributed by atoms with Gasteiger partial charge in [-0.2, -0.15) is 0 Å². The summed E-state index contributed by atoms with van der Waals surface area (Å²) < 4.78 is 86.7. The van der Waals surface area contributed by atoms with E-state index in [1.54, 1.807) is 34.1 Å². The van der Waals surface area contributed by atoms with Gasteiger partial charge in [0.2, 0.25) is 0 Å². The maximum absolute atomic E-state index is 13.7. The second-order valence-corrected chi connectivity index (χ2v) is 26.6. The van der Waals surface area contributed by atoms with Gasteiger partial charge in [0.15, 0.2) is 31.5 Å². The van der Waals surface area contributed by atoms with Crippen LogP contribution in [0.4, 0.5) is 0 Å². The zero-order valence-electron chi connectivity index (χ0n) is 52.2. The fourth-order valence-corrected chi connectivity index (χ4v) is 16.3. The predicted octanol–water partition coefficient (Wildman–Crippen LogP) is 0.141. The van der Waals surface area contributed by atoms with E-state index in [2.05, 4.69) is 6.92 Å². The van der Waals surface area contributed by atoms with Gasteiger partial charge in [-0.1, -0.05) is 55.8 Å². The normalized spacial score (nSPS) is 49.7. The van der Waals surface area contributed by atoms with Crippen LogP contribution in [0.5, 0.6) is 0 Å². The largest absolute Gasteiger partial charge is 0.458 e.